The van der Waals surface area contributed by atoms with Crippen LogP contribution in [0, 0.1) is 91.3 Å². The van der Waals surface area contributed by atoms with Crippen molar-refractivity contribution in [3.63, 3.8) is 0 Å². The third-order valence-electron chi connectivity index (χ3n) is 26.1. The Morgan fingerprint density at radius 3 is 1.11 bits per heavy atom. The largest absolute Gasteiger partial charge is 0.501 e. The van der Waals surface area contributed by atoms with Crippen molar-refractivity contribution in [2.24, 2.45) is 5.41 Å². The molecule has 6 aromatic heterocycles. The fourth-order valence-corrected chi connectivity index (χ4v) is 19.2. The first-order valence-electron chi connectivity index (χ1n) is 61.7. The Labute approximate surface area is 893 Å². The van der Waals surface area contributed by atoms with Gasteiger partial charge in [-0.15, -0.1) is 95.1 Å². The fraction of sp³-hybridized carbons (Fsp3) is 0.182. The molecule has 140 heavy (non-hydrogen) atoms. The molecule has 0 N–H and O–H groups in total. The van der Waals surface area contributed by atoms with E-state index in [1.165, 1.54) is 73.2 Å². The average Bonchev–Trinajstić information content (AvgIpc) is 1.67. The van der Waals surface area contributed by atoms with Crippen molar-refractivity contribution in [2.45, 2.75) is 152 Å². The summed E-state index contributed by atoms with van der Waals surface area (Å²) in [6, 6.07) is 107. The number of rotatable bonds is 13. The second-order valence-corrected chi connectivity index (χ2v) is 36.3. The molecule has 2 aliphatic rings. The number of pyridine rings is 4. The minimum Gasteiger partial charge on any atom is -0.501 e. The topological polar surface area (TPSA) is 77.8 Å². The molecule has 0 atom stereocenters. The maximum atomic E-state index is 8.93. The summed E-state index contributed by atoms with van der Waals surface area (Å²) in [7, 11) is 0. The molecule has 2 aliphatic carbocycles. The molecule has 2 saturated carbocycles. The molecule has 2 radical (unpaired) electrons. The molecule has 6 nitrogen and oxygen atoms in total. The Bertz CT molecular complexity index is 9330. The first-order chi connectivity index (χ1) is 79.6. The third kappa shape index (κ3) is 19.7. The Morgan fingerprint density at radius 1 is 0.314 bits per heavy atom. The minimum absolute atomic E-state index is 0. The van der Waals surface area contributed by atoms with Gasteiger partial charge in [0.15, 0.2) is 0 Å². The molecule has 22 aromatic rings. The summed E-state index contributed by atoms with van der Waals surface area (Å²) >= 11 is 0. The summed E-state index contributed by atoms with van der Waals surface area (Å²) < 4.78 is 271. The molecule has 8 heteroatoms. The summed E-state index contributed by atoms with van der Waals surface area (Å²) in [5.74, 6) is -1.42. The number of benzene rings is 16. The van der Waals surface area contributed by atoms with Crippen LogP contribution >= 0.6 is 0 Å². The summed E-state index contributed by atoms with van der Waals surface area (Å²) in [5.41, 5.74) is 11.4. The van der Waals surface area contributed by atoms with Crippen LogP contribution < -0.4 is 0 Å². The van der Waals surface area contributed by atoms with Crippen LogP contribution in [0.3, 0.4) is 0 Å². The van der Waals surface area contributed by atoms with Gasteiger partial charge in [0.25, 0.3) is 0 Å². The van der Waals surface area contributed by atoms with Gasteiger partial charge in [-0.25, -0.2) is 0 Å². The zero-order valence-corrected chi connectivity index (χ0v) is 81.6. The second-order valence-electron chi connectivity index (χ2n) is 36.3. The number of aryl methyl sites for hydroxylation is 9. The van der Waals surface area contributed by atoms with Gasteiger partial charge >= 0.3 is 0 Å². The van der Waals surface area contributed by atoms with Crippen LogP contribution in [0.5, 0.6) is 0 Å². The Morgan fingerprint density at radius 2 is 0.700 bits per heavy atom. The molecule has 0 bridgehead atoms. The number of aromatic nitrogens is 4. The van der Waals surface area contributed by atoms with Gasteiger partial charge in [-0.3, -0.25) is 0 Å². The van der Waals surface area contributed by atoms with Gasteiger partial charge in [-0.1, -0.05) is 336 Å². The van der Waals surface area contributed by atoms with Crippen LogP contribution in [-0.2, 0) is 46.6 Å². The normalized spacial score (nSPS) is 17.4. The average molecular weight is 2200 g/mol. The third-order valence-corrected chi connectivity index (χ3v) is 26.1. The summed E-state index contributed by atoms with van der Waals surface area (Å²) in [4.78, 5) is 17.8. The van der Waals surface area contributed by atoms with Crippen molar-refractivity contribution in [1.82, 2.24) is 19.9 Å². The van der Waals surface area contributed by atoms with Crippen molar-refractivity contribution in [3.05, 3.63) is 431 Å². The number of fused-ring (bicyclic) bond motifs is 12. The maximum Gasteiger partial charge on any atom is 0.121 e. The van der Waals surface area contributed by atoms with Gasteiger partial charge in [0.05, 0.1) is 11.2 Å². The van der Waals surface area contributed by atoms with Gasteiger partial charge in [0.1, 0.15) is 11.2 Å². The van der Waals surface area contributed by atoms with Crippen LogP contribution in [0.25, 0.3) is 199 Å². The quantitative estimate of drug-likeness (QED) is 0.0845. The first-order valence-corrected chi connectivity index (χ1v) is 46.2. The van der Waals surface area contributed by atoms with Gasteiger partial charge < -0.3 is 28.8 Å². The van der Waals surface area contributed by atoms with Gasteiger partial charge in [-0.05, 0) is 299 Å². The van der Waals surface area contributed by atoms with E-state index in [1.54, 1.807) is 72.9 Å². The first kappa shape index (κ1) is 64.3. The van der Waals surface area contributed by atoms with Crippen molar-refractivity contribution >= 4 is 87.0 Å². The van der Waals surface area contributed by atoms with E-state index >= 15 is 0 Å². The minimum atomic E-state index is -2.77. The predicted molar refractivity (Wildman–Crippen MR) is 579 cm³/mol. The van der Waals surface area contributed by atoms with Crippen LogP contribution in [0.1, 0.15) is 193 Å². The predicted octanol–water partition coefficient (Wildman–Crippen LogP) is 36.3. The number of nitrogens with zero attached hydrogens (tertiary/aromatic N) is 4. The van der Waals surface area contributed by atoms with Gasteiger partial charge in [-0.2, -0.15) is 0 Å². The molecule has 24 rings (SSSR count). The standard InChI is InChI=1S/2C45H36NO.C23H24N.C19H16N.2Ir/c2*1-27-22-39(28(2)21-38(27)33-17-15-31(16-18-33)30-9-4-5-10-30)40-24-43(46-26-29(40)3)37-14-8-13-36-42-23-34-20-19-32-11-6-7-12-35(32)41(34)25-44(42)47-45(36)37;1-17-10-12-20(14-21(17)19-8-6-5-7-9-19)22-13-11-18(16-24-22)15-23(2,3)4;1-14-8-11-19(20-13-14)17-10-9-15(2)18(12-17)16-6-4-3-5-7-16;;/h2*6-8,11-13,15-26,30H,4-5,9-10H2,1-3H3;5-11,13-14,16H,15H2,1-4H3;3-9,11-13H,1-2H3;;/q4*-1;;/i2*1D3,2D3,3D3,30D;1D3,15D2;1D3,2D3;;. The van der Waals surface area contributed by atoms with E-state index in [2.05, 4.69) is 105 Å². The molecule has 0 spiro atoms. The van der Waals surface area contributed by atoms with Crippen LogP contribution in [0.15, 0.2) is 349 Å². The maximum absolute atomic E-state index is 8.93. The van der Waals surface area contributed by atoms with Gasteiger partial charge in [0.2, 0.25) is 0 Å². The fourth-order valence-electron chi connectivity index (χ4n) is 19.2. The molecular formula is C132H112Ir2N4O2-4. The summed E-state index contributed by atoms with van der Waals surface area (Å²) in [6.07, 6.45) is 10.6. The monoisotopic (exact) mass is 2200 g/mol. The van der Waals surface area contributed by atoms with E-state index in [-0.39, 0.29) is 135 Å². The summed E-state index contributed by atoms with van der Waals surface area (Å²) in [6.45, 7) is -17.5. The Hall–Kier alpha value is -13.9. The van der Waals surface area contributed by atoms with Crippen LogP contribution in [-0.4, -0.2) is 19.9 Å². The molecule has 6 heterocycles. The van der Waals surface area contributed by atoms with E-state index in [9.17, 15) is 0 Å². The molecule has 2 fully saturated rings. The van der Waals surface area contributed by atoms with Crippen molar-refractivity contribution in [1.29, 1.82) is 0 Å². The SMILES string of the molecule is [2H]C([2H])([2H])c1c[c-]c(-c2ccc(C([2H])([2H])C(C)(C)C)cn2)cc1-c1ccccc1.[2H]C([2H])([2H])c1cc(-c2cc(-c3[c-]ccc4c3oc3cc5c(ccc6ccccc65)cc34)ncc2C([2H])([2H])[2H])c(C([2H])([2H])[2H])cc1-c1ccc(C2([2H])CCCC2)cc1.[2H]C([2H])([2H])c1cc(-c2cc(-c3[c-]ccc4c3oc3cc5c(ccc6ccccc65)cc34)ncc2C([2H])([2H])[2H])c(C([2H])([2H])[2H])cc1-c1ccc(C2([2H])CCCC2)cc1.[2H]C([2H])([2H])c1ccc(-c2[c-]cc(C([2H])([2H])[2H])c(-c3ccccc3)c2)nc1.[Ir].[Ir]. The zero-order chi connectivity index (χ0) is 121. The van der Waals surface area contributed by atoms with Gasteiger partial charge in [0, 0.05) is 118 Å². The Balaban J connectivity index is 0.000000147. The van der Waals surface area contributed by atoms with Crippen LogP contribution in [0.2, 0.25) is 0 Å². The molecular weight excluding hydrogens is 2060 g/mol. The van der Waals surface area contributed by atoms with Crippen molar-refractivity contribution in [3.8, 4) is 112 Å². The molecule has 0 unspecified atom stereocenters. The number of hydrogen-bond donors (Lipinski definition) is 0. The second kappa shape index (κ2) is 40.9. The van der Waals surface area contributed by atoms with E-state index in [0.717, 1.165) is 138 Å². The van der Waals surface area contributed by atoms with Crippen molar-refractivity contribution < 1.29 is 91.5 Å². The summed E-state index contributed by atoms with van der Waals surface area (Å²) in [5, 5.41) is 11.9. The van der Waals surface area contributed by atoms with Crippen LogP contribution in [0.4, 0.5) is 0 Å². The molecule has 0 saturated heterocycles. The zero-order valence-electron chi connectivity index (χ0n) is 108. The van der Waals surface area contributed by atoms with E-state index in [0.29, 0.717) is 83.8 Å². The van der Waals surface area contributed by atoms with E-state index < -0.39 is 85.2 Å². The number of hydrogen-bond acceptors (Lipinski definition) is 6. The smallest absolute Gasteiger partial charge is 0.121 e. The van der Waals surface area contributed by atoms with E-state index in [1.807, 2.05) is 154 Å². The molecule has 694 valence electrons. The van der Waals surface area contributed by atoms with E-state index in [4.69, 9.17) is 51.3 Å². The van der Waals surface area contributed by atoms with Crippen molar-refractivity contribution in [2.75, 3.05) is 0 Å². The molecule has 0 aliphatic heterocycles. The molecule has 16 aromatic carbocycles. The Kier molecular flexibility index (Phi) is 18.8. The molecule has 0 amide bonds. The number of furan rings is 2.